The standard InChI is InChI=1S/C18H25NO3/c1-13(12-17(20)22-2)19-18(21)16-10-8-15(9-11-16)14-6-4-3-5-7-14/h8-11,13-14H,3-7,12H2,1-2H3,(H,19,21). The van der Waals surface area contributed by atoms with Crippen LogP contribution in [-0.2, 0) is 9.53 Å². The molecule has 0 bridgehead atoms. The summed E-state index contributed by atoms with van der Waals surface area (Å²) in [7, 11) is 1.35. The number of hydrogen-bond acceptors (Lipinski definition) is 3. The number of esters is 1. The smallest absolute Gasteiger partial charge is 0.307 e. The fourth-order valence-corrected chi connectivity index (χ4v) is 3.03. The monoisotopic (exact) mass is 303 g/mol. The molecule has 0 aliphatic heterocycles. The number of benzene rings is 1. The van der Waals surface area contributed by atoms with Crippen LogP contribution in [0.25, 0.3) is 0 Å². The first-order chi connectivity index (χ1) is 10.6. The molecule has 4 heteroatoms. The number of amides is 1. The molecule has 0 spiro atoms. The molecular weight excluding hydrogens is 278 g/mol. The number of nitrogens with one attached hydrogen (secondary N) is 1. The molecule has 22 heavy (non-hydrogen) atoms. The quantitative estimate of drug-likeness (QED) is 0.848. The molecule has 1 unspecified atom stereocenters. The second kappa shape index (κ2) is 7.97. The summed E-state index contributed by atoms with van der Waals surface area (Å²) in [6.07, 6.45) is 6.64. The van der Waals surface area contributed by atoms with Gasteiger partial charge in [-0.3, -0.25) is 9.59 Å². The van der Waals surface area contributed by atoms with Crippen molar-refractivity contribution >= 4 is 11.9 Å². The lowest BCUT2D eigenvalue weighted by Crippen LogP contribution is -2.34. The Morgan fingerprint density at radius 3 is 2.41 bits per heavy atom. The maximum absolute atomic E-state index is 12.1. The van der Waals surface area contributed by atoms with Gasteiger partial charge in [-0.25, -0.2) is 0 Å². The molecule has 0 radical (unpaired) electrons. The normalized spacial score (nSPS) is 16.8. The molecule has 0 heterocycles. The molecule has 1 aromatic carbocycles. The predicted octanol–water partition coefficient (Wildman–Crippen LogP) is 3.42. The third-order valence-corrected chi connectivity index (χ3v) is 4.33. The Kier molecular flexibility index (Phi) is 5.99. The molecular formula is C18H25NO3. The number of carbonyl (C=O) groups excluding carboxylic acids is 2. The fraction of sp³-hybridized carbons (Fsp3) is 0.556. The molecule has 1 atom stereocenters. The Hall–Kier alpha value is -1.84. The van der Waals surface area contributed by atoms with Gasteiger partial charge in [-0.15, -0.1) is 0 Å². The third kappa shape index (κ3) is 4.58. The molecule has 1 amide bonds. The van der Waals surface area contributed by atoms with E-state index in [2.05, 4.69) is 22.2 Å². The average Bonchev–Trinajstić information content (AvgIpc) is 2.55. The highest BCUT2D eigenvalue weighted by molar-refractivity contribution is 5.94. The van der Waals surface area contributed by atoms with Crippen molar-refractivity contribution in [3.05, 3.63) is 35.4 Å². The number of carbonyl (C=O) groups is 2. The van der Waals surface area contributed by atoms with Gasteiger partial charge in [-0.1, -0.05) is 31.4 Å². The summed E-state index contributed by atoms with van der Waals surface area (Å²) >= 11 is 0. The summed E-state index contributed by atoms with van der Waals surface area (Å²) in [6, 6.07) is 7.65. The number of rotatable bonds is 5. The molecule has 1 aliphatic rings. The van der Waals surface area contributed by atoms with E-state index >= 15 is 0 Å². The van der Waals surface area contributed by atoms with E-state index in [0.717, 1.165) is 0 Å². The van der Waals surface area contributed by atoms with Crippen LogP contribution in [0.4, 0.5) is 0 Å². The minimum absolute atomic E-state index is 0.147. The highest BCUT2D eigenvalue weighted by Crippen LogP contribution is 2.32. The van der Waals surface area contributed by atoms with Crippen LogP contribution in [0.2, 0.25) is 0 Å². The van der Waals surface area contributed by atoms with E-state index < -0.39 is 0 Å². The molecule has 1 fully saturated rings. The molecule has 0 aromatic heterocycles. The summed E-state index contributed by atoms with van der Waals surface area (Å²) in [5.74, 6) is 0.177. The fourth-order valence-electron chi connectivity index (χ4n) is 3.03. The van der Waals surface area contributed by atoms with Crippen LogP contribution in [0.1, 0.15) is 67.3 Å². The van der Waals surface area contributed by atoms with E-state index in [4.69, 9.17) is 0 Å². The van der Waals surface area contributed by atoms with Gasteiger partial charge in [-0.05, 0) is 43.4 Å². The van der Waals surface area contributed by atoms with E-state index in [-0.39, 0.29) is 24.3 Å². The van der Waals surface area contributed by atoms with E-state index in [1.807, 2.05) is 12.1 Å². The maximum Gasteiger partial charge on any atom is 0.307 e. The van der Waals surface area contributed by atoms with Gasteiger partial charge in [0, 0.05) is 11.6 Å². The zero-order valence-electron chi connectivity index (χ0n) is 13.4. The van der Waals surface area contributed by atoms with Crippen LogP contribution in [-0.4, -0.2) is 25.0 Å². The van der Waals surface area contributed by atoms with Crippen molar-refractivity contribution in [2.24, 2.45) is 0 Å². The van der Waals surface area contributed by atoms with Gasteiger partial charge in [0.05, 0.1) is 13.5 Å². The van der Waals surface area contributed by atoms with Crippen molar-refractivity contribution in [3.8, 4) is 0 Å². The largest absolute Gasteiger partial charge is 0.469 e. The van der Waals surface area contributed by atoms with Gasteiger partial charge in [0.25, 0.3) is 5.91 Å². The van der Waals surface area contributed by atoms with Crippen LogP contribution in [0.15, 0.2) is 24.3 Å². The van der Waals surface area contributed by atoms with E-state index in [9.17, 15) is 9.59 Å². The first-order valence-corrected chi connectivity index (χ1v) is 8.07. The van der Waals surface area contributed by atoms with Crippen molar-refractivity contribution in [2.45, 2.75) is 57.4 Å². The molecule has 1 saturated carbocycles. The lowest BCUT2D eigenvalue weighted by molar-refractivity contribution is -0.141. The Labute approximate surface area is 132 Å². The van der Waals surface area contributed by atoms with Crippen LogP contribution < -0.4 is 5.32 Å². The van der Waals surface area contributed by atoms with Crippen molar-refractivity contribution in [1.29, 1.82) is 0 Å². The summed E-state index contributed by atoms with van der Waals surface area (Å²) in [6.45, 7) is 1.80. The first-order valence-electron chi connectivity index (χ1n) is 8.07. The molecule has 1 aliphatic carbocycles. The zero-order chi connectivity index (χ0) is 15.9. The molecule has 0 saturated heterocycles. The summed E-state index contributed by atoms with van der Waals surface area (Å²) in [5, 5.41) is 2.82. The summed E-state index contributed by atoms with van der Waals surface area (Å²) in [4.78, 5) is 23.3. The lowest BCUT2D eigenvalue weighted by atomic mass is 9.84. The van der Waals surface area contributed by atoms with Crippen LogP contribution >= 0.6 is 0 Å². The predicted molar refractivity (Wildman–Crippen MR) is 85.8 cm³/mol. The average molecular weight is 303 g/mol. The van der Waals surface area contributed by atoms with Crippen LogP contribution in [0.3, 0.4) is 0 Å². The third-order valence-electron chi connectivity index (χ3n) is 4.33. The van der Waals surface area contributed by atoms with E-state index in [1.165, 1.54) is 44.8 Å². The molecule has 4 nitrogen and oxygen atoms in total. The molecule has 2 rings (SSSR count). The molecule has 1 N–H and O–H groups in total. The van der Waals surface area contributed by atoms with Gasteiger partial charge >= 0.3 is 5.97 Å². The minimum Gasteiger partial charge on any atom is -0.469 e. The maximum atomic E-state index is 12.1. The minimum atomic E-state index is -0.319. The molecule has 1 aromatic rings. The van der Waals surface area contributed by atoms with Crippen molar-refractivity contribution in [1.82, 2.24) is 5.32 Å². The zero-order valence-corrected chi connectivity index (χ0v) is 13.4. The summed E-state index contributed by atoms with van der Waals surface area (Å²) in [5.41, 5.74) is 1.97. The summed E-state index contributed by atoms with van der Waals surface area (Å²) < 4.78 is 4.60. The lowest BCUT2D eigenvalue weighted by Gasteiger charge is -2.22. The first kappa shape index (κ1) is 16.5. The van der Waals surface area contributed by atoms with Crippen LogP contribution in [0, 0.1) is 0 Å². The van der Waals surface area contributed by atoms with Crippen molar-refractivity contribution in [3.63, 3.8) is 0 Å². The van der Waals surface area contributed by atoms with Gasteiger partial charge in [0.15, 0.2) is 0 Å². The second-order valence-corrected chi connectivity index (χ2v) is 6.11. The topological polar surface area (TPSA) is 55.4 Å². The Balaban J connectivity index is 1.91. The molecule has 120 valence electrons. The Morgan fingerprint density at radius 2 is 1.82 bits per heavy atom. The van der Waals surface area contributed by atoms with Gasteiger partial charge in [-0.2, -0.15) is 0 Å². The number of hydrogen-bond donors (Lipinski definition) is 1. The number of methoxy groups -OCH3 is 1. The van der Waals surface area contributed by atoms with E-state index in [1.54, 1.807) is 6.92 Å². The second-order valence-electron chi connectivity index (χ2n) is 6.11. The van der Waals surface area contributed by atoms with Gasteiger partial charge in [0.2, 0.25) is 0 Å². The van der Waals surface area contributed by atoms with E-state index in [0.29, 0.717) is 11.5 Å². The SMILES string of the molecule is COC(=O)CC(C)NC(=O)c1ccc(C2CCCCC2)cc1. The van der Waals surface area contributed by atoms with Crippen LogP contribution in [0.5, 0.6) is 0 Å². The Morgan fingerprint density at radius 1 is 1.18 bits per heavy atom. The van der Waals surface area contributed by atoms with Crippen molar-refractivity contribution in [2.75, 3.05) is 7.11 Å². The van der Waals surface area contributed by atoms with Gasteiger partial charge < -0.3 is 10.1 Å². The van der Waals surface area contributed by atoms with Crippen molar-refractivity contribution < 1.29 is 14.3 Å². The highest BCUT2D eigenvalue weighted by atomic mass is 16.5. The highest BCUT2D eigenvalue weighted by Gasteiger charge is 2.17. The van der Waals surface area contributed by atoms with Gasteiger partial charge in [0.1, 0.15) is 0 Å². The Bertz CT molecular complexity index is 504. The number of ether oxygens (including phenoxy) is 1.